The van der Waals surface area contributed by atoms with Gasteiger partial charge in [-0.15, -0.1) is 0 Å². The molecular weight excluding hydrogens is 228 g/mol. The molecule has 18 heavy (non-hydrogen) atoms. The van der Waals surface area contributed by atoms with Gasteiger partial charge >= 0.3 is 0 Å². The molecular formula is C13H20N4O. The zero-order chi connectivity index (χ0) is 13.0. The normalized spacial score (nSPS) is 17.3. The standard InChI is InChI=1S/C13H20N4O/c1-10(13(18)17-8-4-3-5-9-17)15-12-6-7-14-11(2)16-12/h6-7,10H,3-5,8-9H2,1-2H3,(H,14,15,16)/t10-/m0/s1. The third-order valence-corrected chi connectivity index (χ3v) is 3.18. The van der Waals surface area contributed by atoms with Gasteiger partial charge in [0.1, 0.15) is 17.7 Å². The Bertz CT molecular complexity index is 415. The number of carbonyl (C=O) groups is 1. The minimum absolute atomic E-state index is 0.158. The molecule has 0 radical (unpaired) electrons. The Morgan fingerprint density at radius 3 is 2.78 bits per heavy atom. The van der Waals surface area contributed by atoms with E-state index in [1.807, 2.05) is 18.7 Å². The van der Waals surface area contributed by atoms with E-state index in [4.69, 9.17) is 0 Å². The third-order valence-electron chi connectivity index (χ3n) is 3.18. The number of rotatable bonds is 3. The Kier molecular flexibility index (Phi) is 4.12. The van der Waals surface area contributed by atoms with Crippen LogP contribution < -0.4 is 5.32 Å². The molecule has 0 saturated carbocycles. The van der Waals surface area contributed by atoms with Crippen molar-refractivity contribution in [2.75, 3.05) is 18.4 Å². The molecule has 2 heterocycles. The maximum Gasteiger partial charge on any atom is 0.244 e. The lowest BCUT2D eigenvalue weighted by Gasteiger charge is -2.29. The van der Waals surface area contributed by atoms with Crippen LogP contribution in [0.5, 0.6) is 0 Å². The molecule has 0 aliphatic carbocycles. The minimum Gasteiger partial charge on any atom is -0.359 e. The molecule has 5 heteroatoms. The topological polar surface area (TPSA) is 58.1 Å². The second-order valence-electron chi connectivity index (χ2n) is 4.74. The van der Waals surface area contributed by atoms with Crippen LogP contribution >= 0.6 is 0 Å². The summed E-state index contributed by atoms with van der Waals surface area (Å²) in [5, 5.41) is 3.14. The quantitative estimate of drug-likeness (QED) is 0.882. The van der Waals surface area contributed by atoms with Crippen molar-refractivity contribution < 1.29 is 4.79 Å². The largest absolute Gasteiger partial charge is 0.359 e. The van der Waals surface area contributed by atoms with Crippen molar-refractivity contribution in [2.45, 2.75) is 39.2 Å². The molecule has 1 aliphatic heterocycles. The summed E-state index contributed by atoms with van der Waals surface area (Å²) in [6.45, 7) is 5.48. The van der Waals surface area contributed by atoms with Gasteiger partial charge in [0.25, 0.3) is 0 Å². The number of aromatic nitrogens is 2. The number of nitrogens with zero attached hydrogens (tertiary/aromatic N) is 3. The van der Waals surface area contributed by atoms with Crippen LogP contribution in [0, 0.1) is 6.92 Å². The van der Waals surface area contributed by atoms with E-state index in [1.165, 1.54) is 6.42 Å². The number of hydrogen-bond acceptors (Lipinski definition) is 4. The summed E-state index contributed by atoms with van der Waals surface area (Å²) in [5.41, 5.74) is 0. The average molecular weight is 248 g/mol. The Labute approximate surface area is 108 Å². The molecule has 1 atom stereocenters. The third kappa shape index (κ3) is 3.18. The van der Waals surface area contributed by atoms with Gasteiger partial charge in [-0.2, -0.15) is 0 Å². The highest BCUT2D eigenvalue weighted by Gasteiger charge is 2.22. The van der Waals surface area contributed by atoms with Gasteiger partial charge in [0, 0.05) is 19.3 Å². The van der Waals surface area contributed by atoms with Crippen LogP contribution in [0.25, 0.3) is 0 Å². The SMILES string of the molecule is Cc1nccc(N[C@@H](C)C(=O)N2CCCCC2)n1. The van der Waals surface area contributed by atoms with Crippen molar-refractivity contribution >= 4 is 11.7 Å². The average Bonchev–Trinajstić information content (AvgIpc) is 2.39. The van der Waals surface area contributed by atoms with Crippen LogP contribution in [0.3, 0.4) is 0 Å². The van der Waals surface area contributed by atoms with Crippen molar-refractivity contribution in [3.8, 4) is 0 Å². The Hall–Kier alpha value is -1.65. The number of nitrogens with one attached hydrogen (secondary N) is 1. The van der Waals surface area contributed by atoms with E-state index in [2.05, 4.69) is 15.3 Å². The molecule has 0 unspecified atom stereocenters. The lowest BCUT2D eigenvalue weighted by atomic mass is 10.1. The van der Waals surface area contributed by atoms with Crippen molar-refractivity contribution in [1.82, 2.24) is 14.9 Å². The fraction of sp³-hybridized carbons (Fsp3) is 0.615. The molecule has 1 amide bonds. The summed E-state index contributed by atoms with van der Waals surface area (Å²) in [5.74, 6) is 1.57. The van der Waals surface area contributed by atoms with E-state index in [9.17, 15) is 4.79 Å². The predicted octanol–water partition coefficient (Wildman–Crippen LogP) is 1.60. The molecule has 0 spiro atoms. The number of aryl methyl sites for hydroxylation is 1. The van der Waals surface area contributed by atoms with E-state index in [1.54, 1.807) is 12.3 Å². The van der Waals surface area contributed by atoms with Gasteiger partial charge in [0.15, 0.2) is 0 Å². The van der Waals surface area contributed by atoms with E-state index in [-0.39, 0.29) is 11.9 Å². The lowest BCUT2D eigenvalue weighted by Crippen LogP contribution is -2.44. The van der Waals surface area contributed by atoms with Gasteiger partial charge in [-0.1, -0.05) is 0 Å². The van der Waals surface area contributed by atoms with E-state index < -0.39 is 0 Å². The number of piperidine rings is 1. The maximum absolute atomic E-state index is 12.2. The second kappa shape index (κ2) is 5.80. The van der Waals surface area contributed by atoms with Gasteiger partial charge in [-0.3, -0.25) is 4.79 Å². The molecule has 1 saturated heterocycles. The van der Waals surface area contributed by atoms with E-state index in [0.29, 0.717) is 11.6 Å². The molecule has 5 nitrogen and oxygen atoms in total. The monoisotopic (exact) mass is 248 g/mol. The van der Waals surface area contributed by atoms with Gasteiger partial charge < -0.3 is 10.2 Å². The summed E-state index contributed by atoms with van der Waals surface area (Å²) in [6.07, 6.45) is 5.16. The summed E-state index contributed by atoms with van der Waals surface area (Å²) < 4.78 is 0. The van der Waals surface area contributed by atoms with Crippen molar-refractivity contribution in [2.24, 2.45) is 0 Å². The Morgan fingerprint density at radius 1 is 1.39 bits per heavy atom. The molecule has 0 bridgehead atoms. The number of hydrogen-bond donors (Lipinski definition) is 1. The first-order valence-electron chi connectivity index (χ1n) is 6.52. The summed E-state index contributed by atoms with van der Waals surface area (Å²) in [7, 11) is 0. The second-order valence-corrected chi connectivity index (χ2v) is 4.74. The molecule has 1 aliphatic rings. The van der Waals surface area contributed by atoms with Crippen LogP contribution in [0.15, 0.2) is 12.3 Å². The molecule has 0 aromatic carbocycles. The van der Waals surface area contributed by atoms with Crippen molar-refractivity contribution in [3.63, 3.8) is 0 Å². The molecule has 1 N–H and O–H groups in total. The van der Waals surface area contributed by atoms with Crippen LogP contribution in [0.2, 0.25) is 0 Å². The van der Waals surface area contributed by atoms with E-state index in [0.717, 1.165) is 25.9 Å². The summed E-state index contributed by atoms with van der Waals surface area (Å²) >= 11 is 0. The van der Waals surface area contributed by atoms with Crippen LogP contribution in [-0.4, -0.2) is 39.9 Å². The van der Waals surface area contributed by atoms with E-state index >= 15 is 0 Å². The highest BCUT2D eigenvalue weighted by molar-refractivity contribution is 5.84. The number of amides is 1. The molecule has 1 aromatic rings. The Morgan fingerprint density at radius 2 is 2.11 bits per heavy atom. The van der Waals surface area contributed by atoms with Crippen LogP contribution in [0.1, 0.15) is 32.0 Å². The highest BCUT2D eigenvalue weighted by Crippen LogP contribution is 2.12. The lowest BCUT2D eigenvalue weighted by molar-refractivity contribution is -0.132. The highest BCUT2D eigenvalue weighted by atomic mass is 16.2. The molecule has 2 rings (SSSR count). The molecule has 1 fully saturated rings. The fourth-order valence-corrected chi connectivity index (χ4v) is 2.21. The van der Waals surface area contributed by atoms with Gasteiger partial charge in [-0.25, -0.2) is 9.97 Å². The first-order chi connectivity index (χ1) is 8.66. The molecule has 1 aromatic heterocycles. The maximum atomic E-state index is 12.2. The minimum atomic E-state index is -0.239. The van der Waals surface area contributed by atoms with Crippen molar-refractivity contribution in [1.29, 1.82) is 0 Å². The molecule has 98 valence electrons. The smallest absolute Gasteiger partial charge is 0.244 e. The summed E-state index contributed by atoms with van der Waals surface area (Å²) in [6, 6.07) is 1.55. The van der Waals surface area contributed by atoms with Crippen molar-refractivity contribution in [3.05, 3.63) is 18.1 Å². The predicted molar refractivity (Wildman–Crippen MR) is 70.3 cm³/mol. The fourth-order valence-electron chi connectivity index (χ4n) is 2.21. The zero-order valence-corrected chi connectivity index (χ0v) is 11.0. The first-order valence-corrected chi connectivity index (χ1v) is 6.52. The first kappa shape index (κ1) is 12.8. The van der Waals surface area contributed by atoms with Gasteiger partial charge in [-0.05, 0) is 39.2 Å². The zero-order valence-electron chi connectivity index (χ0n) is 11.0. The van der Waals surface area contributed by atoms with Gasteiger partial charge in [0.05, 0.1) is 0 Å². The van der Waals surface area contributed by atoms with Gasteiger partial charge in [0.2, 0.25) is 5.91 Å². The van der Waals surface area contributed by atoms with Crippen LogP contribution in [-0.2, 0) is 4.79 Å². The summed E-state index contributed by atoms with van der Waals surface area (Å²) in [4.78, 5) is 22.4. The Balaban J connectivity index is 1.94. The number of carbonyl (C=O) groups excluding carboxylic acids is 1. The number of likely N-dealkylation sites (tertiary alicyclic amines) is 1. The van der Waals surface area contributed by atoms with Crippen LogP contribution in [0.4, 0.5) is 5.82 Å². The number of anilines is 1.